The van der Waals surface area contributed by atoms with Crippen molar-refractivity contribution < 1.29 is 9.59 Å². The number of thiophene rings is 1. The second kappa shape index (κ2) is 7.04. The van der Waals surface area contributed by atoms with E-state index in [0.717, 1.165) is 37.4 Å². The first kappa shape index (κ1) is 16.5. The zero-order chi connectivity index (χ0) is 16.4. The molecule has 2 saturated heterocycles. The number of rotatable bonds is 2. The number of amides is 2. The molecule has 1 aromatic rings. The molecule has 5 heteroatoms. The van der Waals surface area contributed by atoms with Crippen molar-refractivity contribution in [1.82, 2.24) is 9.80 Å². The minimum Gasteiger partial charge on any atom is -0.342 e. The van der Waals surface area contributed by atoms with Crippen LogP contribution in [-0.2, 0) is 4.79 Å². The summed E-state index contributed by atoms with van der Waals surface area (Å²) in [6.07, 6.45) is 3.04. The van der Waals surface area contributed by atoms with E-state index < -0.39 is 0 Å². The minimum atomic E-state index is -0.0230. The molecule has 2 fully saturated rings. The molecule has 1 aromatic heterocycles. The largest absolute Gasteiger partial charge is 0.342 e. The molecule has 3 unspecified atom stereocenters. The molecule has 3 atom stereocenters. The Morgan fingerprint density at radius 3 is 2.52 bits per heavy atom. The van der Waals surface area contributed by atoms with Crippen molar-refractivity contribution >= 4 is 23.2 Å². The maximum Gasteiger partial charge on any atom is 0.263 e. The predicted molar refractivity (Wildman–Crippen MR) is 92.5 cm³/mol. The molecule has 3 heterocycles. The van der Waals surface area contributed by atoms with Gasteiger partial charge in [-0.25, -0.2) is 0 Å². The average Bonchev–Trinajstić information content (AvgIpc) is 3.07. The molecule has 3 rings (SSSR count). The molecule has 4 nitrogen and oxygen atoms in total. The van der Waals surface area contributed by atoms with Crippen molar-refractivity contribution in [2.24, 2.45) is 17.8 Å². The van der Waals surface area contributed by atoms with Gasteiger partial charge in [-0.2, -0.15) is 0 Å². The second-order valence-corrected chi connectivity index (χ2v) is 8.20. The van der Waals surface area contributed by atoms with Crippen LogP contribution >= 0.6 is 11.3 Å². The number of nitrogens with zero attached hydrogens (tertiary/aromatic N) is 2. The Morgan fingerprint density at radius 2 is 1.87 bits per heavy atom. The molecule has 2 aliphatic rings. The summed E-state index contributed by atoms with van der Waals surface area (Å²) in [6, 6.07) is 3.77. The zero-order valence-electron chi connectivity index (χ0n) is 14.0. The lowest BCUT2D eigenvalue weighted by atomic mass is 9.89. The van der Waals surface area contributed by atoms with Crippen LogP contribution in [0.15, 0.2) is 17.5 Å². The Morgan fingerprint density at radius 1 is 1.13 bits per heavy atom. The van der Waals surface area contributed by atoms with Crippen LogP contribution in [-0.4, -0.2) is 47.8 Å². The van der Waals surface area contributed by atoms with Crippen molar-refractivity contribution in [2.45, 2.75) is 33.1 Å². The van der Waals surface area contributed by atoms with Crippen LogP contribution < -0.4 is 0 Å². The lowest BCUT2D eigenvalue weighted by Crippen LogP contribution is -2.50. The molecule has 0 aliphatic carbocycles. The molecule has 0 N–H and O–H groups in total. The molecule has 0 radical (unpaired) electrons. The van der Waals surface area contributed by atoms with Gasteiger partial charge in [0.05, 0.1) is 10.8 Å². The van der Waals surface area contributed by atoms with E-state index >= 15 is 0 Å². The van der Waals surface area contributed by atoms with Gasteiger partial charge in [0, 0.05) is 26.2 Å². The summed E-state index contributed by atoms with van der Waals surface area (Å²) in [5.74, 6) is 1.47. The SMILES string of the molecule is CC1CC(C)CN(C(=O)C2CCCN(C(=O)c3cccs3)C2)C1. The first-order chi connectivity index (χ1) is 11.0. The van der Waals surface area contributed by atoms with Gasteiger partial charge in [0.2, 0.25) is 5.91 Å². The van der Waals surface area contributed by atoms with Gasteiger partial charge in [-0.15, -0.1) is 11.3 Å². The third-order valence-corrected chi connectivity index (χ3v) is 5.83. The van der Waals surface area contributed by atoms with Crippen molar-refractivity contribution in [3.05, 3.63) is 22.4 Å². The van der Waals surface area contributed by atoms with Gasteiger partial charge >= 0.3 is 0 Å². The van der Waals surface area contributed by atoms with Crippen LogP contribution in [0.1, 0.15) is 42.8 Å². The van der Waals surface area contributed by atoms with Gasteiger partial charge in [-0.05, 0) is 42.5 Å². The Hall–Kier alpha value is -1.36. The number of piperidine rings is 2. The maximum absolute atomic E-state index is 12.9. The fourth-order valence-electron chi connectivity index (χ4n) is 4.02. The second-order valence-electron chi connectivity index (χ2n) is 7.26. The topological polar surface area (TPSA) is 40.6 Å². The normalized spacial score (nSPS) is 28.7. The fourth-order valence-corrected chi connectivity index (χ4v) is 4.71. The van der Waals surface area contributed by atoms with Crippen LogP contribution in [0, 0.1) is 17.8 Å². The number of hydrogen-bond donors (Lipinski definition) is 0. The minimum absolute atomic E-state index is 0.0230. The molecule has 126 valence electrons. The van der Waals surface area contributed by atoms with Crippen LogP contribution in [0.25, 0.3) is 0 Å². The summed E-state index contributed by atoms with van der Waals surface area (Å²) in [5.41, 5.74) is 0. The average molecular weight is 334 g/mol. The van der Waals surface area contributed by atoms with E-state index in [2.05, 4.69) is 13.8 Å². The standard InChI is InChI=1S/C18H26N2O2S/c1-13-9-14(2)11-20(10-13)17(21)15-5-3-7-19(12-15)18(22)16-6-4-8-23-16/h4,6,8,13-15H,3,5,7,9-12H2,1-2H3. The molecular formula is C18H26N2O2S. The maximum atomic E-state index is 12.9. The summed E-state index contributed by atoms with van der Waals surface area (Å²) in [5, 5.41) is 1.93. The number of carbonyl (C=O) groups excluding carboxylic acids is 2. The summed E-state index contributed by atoms with van der Waals surface area (Å²) >= 11 is 1.48. The van der Waals surface area contributed by atoms with Gasteiger partial charge in [-0.1, -0.05) is 19.9 Å². The van der Waals surface area contributed by atoms with Crippen molar-refractivity contribution in [3.8, 4) is 0 Å². The highest BCUT2D eigenvalue weighted by Gasteiger charge is 2.34. The summed E-state index contributed by atoms with van der Waals surface area (Å²) in [7, 11) is 0. The number of carbonyl (C=O) groups is 2. The number of likely N-dealkylation sites (tertiary alicyclic amines) is 2. The van der Waals surface area contributed by atoms with Crippen LogP contribution in [0.4, 0.5) is 0 Å². The molecule has 0 saturated carbocycles. The van der Waals surface area contributed by atoms with Gasteiger partial charge < -0.3 is 9.80 Å². The molecule has 0 bridgehead atoms. The lowest BCUT2D eigenvalue weighted by molar-refractivity contribution is -0.139. The lowest BCUT2D eigenvalue weighted by Gasteiger charge is -2.39. The quantitative estimate of drug-likeness (QED) is 0.834. The summed E-state index contributed by atoms with van der Waals surface area (Å²) < 4.78 is 0. The molecule has 2 aliphatic heterocycles. The molecule has 0 aromatic carbocycles. The third-order valence-electron chi connectivity index (χ3n) is 4.97. The number of hydrogen-bond acceptors (Lipinski definition) is 3. The van der Waals surface area contributed by atoms with Gasteiger partial charge in [0.15, 0.2) is 0 Å². The van der Waals surface area contributed by atoms with Gasteiger partial charge in [0.25, 0.3) is 5.91 Å². The van der Waals surface area contributed by atoms with E-state index in [1.165, 1.54) is 17.8 Å². The van der Waals surface area contributed by atoms with Crippen LogP contribution in [0.2, 0.25) is 0 Å². The molecule has 0 spiro atoms. The predicted octanol–water partition coefficient (Wildman–Crippen LogP) is 3.10. The van der Waals surface area contributed by atoms with E-state index in [0.29, 0.717) is 18.4 Å². The van der Waals surface area contributed by atoms with E-state index in [4.69, 9.17) is 0 Å². The van der Waals surface area contributed by atoms with Gasteiger partial charge in [-0.3, -0.25) is 9.59 Å². The van der Waals surface area contributed by atoms with Crippen molar-refractivity contribution in [1.29, 1.82) is 0 Å². The zero-order valence-corrected chi connectivity index (χ0v) is 14.8. The van der Waals surface area contributed by atoms with E-state index in [1.54, 1.807) is 0 Å². The monoisotopic (exact) mass is 334 g/mol. The fraction of sp³-hybridized carbons (Fsp3) is 0.667. The first-order valence-electron chi connectivity index (χ1n) is 8.66. The summed E-state index contributed by atoms with van der Waals surface area (Å²) in [4.78, 5) is 30.1. The first-order valence-corrected chi connectivity index (χ1v) is 9.54. The molecule has 23 heavy (non-hydrogen) atoms. The van der Waals surface area contributed by atoms with Crippen LogP contribution in [0.3, 0.4) is 0 Å². The van der Waals surface area contributed by atoms with E-state index in [1.807, 2.05) is 27.3 Å². The smallest absolute Gasteiger partial charge is 0.263 e. The van der Waals surface area contributed by atoms with E-state index in [9.17, 15) is 9.59 Å². The molecule has 2 amide bonds. The summed E-state index contributed by atoms with van der Waals surface area (Å²) in [6.45, 7) is 7.55. The Balaban J connectivity index is 1.64. The van der Waals surface area contributed by atoms with E-state index in [-0.39, 0.29) is 17.7 Å². The third kappa shape index (κ3) is 3.77. The Labute approximate surface area is 142 Å². The van der Waals surface area contributed by atoms with Crippen molar-refractivity contribution in [3.63, 3.8) is 0 Å². The Bertz CT molecular complexity index is 547. The highest BCUT2D eigenvalue weighted by Crippen LogP contribution is 2.26. The van der Waals surface area contributed by atoms with Crippen LogP contribution in [0.5, 0.6) is 0 Å². The van der Waals surface area contributed by atoms with Gasteiger partial charge in [0.1, 0.15) is 0 Å². The highest BCUT2D eigenvalue weighted by atomic mass is 32.1. The highest BCUT2D eigenvalue weighted by molar-refractivity contribution is 7.12. The van der Waals surface area contributed by atoms with Crippen molar-refractivity contribution in [2.75, 3.05) is 26.2 Å². The molecular weight excluding hydrogens is 308 g/mol. The Kier molecular flexibility index (Phi) is 5.05.